The first kappa shape index (κ1) is 22.3. The van der Waals surface area contributed by atoms with Crippen LogP contribution >= 0.6 is 0 Å². The zero-order valence-corrected chi connectivity index (χ0v) is 18.9. The summed E-state index contributed by atoms with van der Waals surface area (Å²) in [5.41, 5.74) is -0.206. The smallest absolute Gasteiger partial charge is 0.331 e. The van der Waals surface area contributed by atoms with Crippen LogP contribution in [-0.4, -0.2) is 22.5 Å². The Bertz CT molecular complexity index is 1530. The molecule has 0 atom stereocenters. The molecule has 2 heterocycles. The van der Waals surface area contributed by atoms with Gasteiger partial charge in [0.15, 0.2) is 0 Å². The van der Waals surface area contributed by atoms with Gasteiger partial charge in [-0.05, 0) is 68.4 Å². The molecule has 33 heavy (non-hydrogen) atoms. The second-order valence-electron chi connectivity index (χ2n) is 7.18. The number of aryl methyl sites for hydroxylation is 1. The van der Waals surface area contributed by atoms with Crippen LogP contribution < -0.4 is 20.7 Å². The molecule has 0 aliphatic rings. The van der Waals surface area contributed by atoms with Crippen LogP contribution in [0.25, 0.3) is 10.9 Å². The third-order valence-electron chi connectivity index (χ3n) is 5.12. The third kappa shape index (κ3) is 4.37. The number of anilines is 1. The lowest BCUT2D eigenvalue weighted by molar-refractivity contribution is 0.480. The Morgan fingerprint density at radius 1 is 0.939 bits per heavy atom. The van der Waals surface area contributed by atoms with Crippen LogP contribution in [0.2, 0.25) is 0 Å². The minimum Gasteiger partial charge on any atom is -0.456 e. The van der Waals surface area contributed by atoms with E-state index in [1.807, 2.05) is 0 Å². The highest BCUT2D eigenvalue weighted by Crippen LogP contribution is 2.24. The molecule has 0 amide bonds. The first-order chi connectivity index (χ1) is 15.8. The minimum atomic E-state index is -3.98. The van der Waals surface area contributed by atoms with Gasteiger partial charge in [0.05, 0.1) is 22.0 Å². The fraction of sp³-hybridized carbons (Fsp3) is 0.174. The molecule has 0 aliphatic heterocycles. The number of sulfonamides is 1. The molecule has 2 aromatic heterocycles. The molecule has 1 N–H and O–H groups in total. The van der Waals surface area contributed by atoms with Crippen molar-refractivity contribution in [2.75, 3.05) is 4.72 Å². The summed E-state index contributed by atoms with van der Waals surface area (Å²) < 4.78 is 36.7. The Hall–Kier alpha value is -3.92. The van der Waals surface area contributed by atoms with Gasteiger partial charge in [-0.3, -0.25) is 23.6 Å². The minimum absolute atomic E-state index is 0.0771. The van der Waals surface area contributed by atoms with Crippen LogP contribution in [0, 0.1) is 0 Å². The summed E-state index contributed by atoms with van der Waals surface area (Å²) in [6, 6.07) is 14.1. The maximum Gasteiger partial charge on any atom is 0.331 e. The molecular formula is C23H22N4O5S. The maximum absolute atomic E-state index is 13.0. The molecule has 0 bridgehead atoms. The van der Waals surface area contributed by atoms with Crippen molar-refractivity contribution in [3.8, 4) is 11.5 Å². The topological polar surface area (TPSA) is 112 Å². The fourth-order valence-corrected chi connectivity index (χ4v) is 4.59. The number of fused-ring (bicyclic) bond motifs is 1. The molecule has 2 aromatic carbocycles. The van der Waals surface area contributed by atoms with Gasteiger partial charge in [-0.1, -0.05) is 0 Å². The largest absolute Gasteiger partial charge is 0.456 e. The van der Waals surface area contributed by atoms with Crippen molar-refractivity contribution in [1.82, 2.24) is 14.1 Å². The Morgan fingerprint density at radius 2 is 1.67 bits per heavy atom. The summed E-state index contributed by atoms with van der Waals surface area (Å²) in [6.07, 6.45) is 3.21. The van der Waals surface area contributed by atoms with Gasteiger partial charge in [-0.2, -0.15) is 0 Å². The molecule has 9 nitrogen and oxygen atoms in total. The van der Waals surface area contributed by atoms with Crippen molar-refractivity contribution in [1.29, 1.82) is 0 Å². The molecule has 0 spiro atoms. The van der Waals surface area contributed by atoms with Gasteiger partial charge in [0, 0.05) is 25.0 Å². The van der Waals surface area contributed by atoms with Crippen LogP contribution in [0.15, 0.2) is 81.5 Å². The summed E-state index contributed by atoms with van der Waals surface area (Å²) in [4.78, 5) is 29.2. The number of aromatic nitrogens is 3. The van der Waals surface area contributed by atoms with Gasteiger partial charge in [0.25, 0.3) is 15.6 Å². The van der Waals surface area contributed by atoms with Crippen molar-refractivity contribution < 1.29 is 13.2 Å². The highest BCUT2D eigenvalue weighted by molar-refractivity contribution is 7.92. The molecule has 0 saturated heterocycles. The van der Waals surface area contributed by atoms with E-state index in [9.17, 15) is 18.0 Å². The van der Waals surface area contributed by atoms with Gasteiger partial charge in [-0.15, -0.1) is 0 Å². The summed E-state index contributed by atoms with van der Waals surface area (Å²) in [6.45, 7) is 4.03. The Morgan fingerprint density at radius 3 is 2.30 bits per heavy atom. The summed E-state index contributed by atoms with van der Waals surface area (Å²) in [5, 5.41) is 0.168. The second kappa shape index (κ2) is 8.91. The average Bonchev–Trinajstić information content (AvgIpc) is 2.81. The Labute approximate surface area is 190 Å². The molecule has 170 valence electrons. The predicted octanol–water partition coefficient (Wildman–Crippen LogP) is 3.19. The SMILES string of the molecule is CCn1c(=O)c2cc(S(=O)(=O)Nc3ccc(Oc4cccnc4)cc3)ccc2n(CC)c1=O. The highest BCUT2D eigenvalue weighted by Gasteiger charge is 2.18. The van der Waals surface area contributed by atoms with E-state index in [1.165, 1.54) is 22.8 Å². The molecule has 4 rings (SSSR count). The van der Waals surface area contributed by atoms with Crippen molar-refractivity contribution >= 4 is 26.6 Å². The van der Waals surface area contributed by atoms with Crippen LogP contribution in [0.5, 0.6) is 11.5 Å². The maximum atomic E-state index is 13.0. The zero-order chi connectivity index (χ0) is 23.6. The lowest BCUT2D eigenvalue weighted by Gasteiger charge is -2.13. The summed E-state index contributed by atoms with van der Waals surface area (Å²) in [7, 11) is -3.98. The fourth-order valence-electron chi connectivity index (χ4n) is 3.50. The van der Waals surface area contributed by atoms with Crippen molar-refractivity contribution in [2.45, 2.75) is 31.8 Å². The third-order valence-corrected chi connectivity index (χ3v) is 6.49. The Balaban J connectivity index is 1.65. The second-order valence-corrected chi connectivity index (χ2v) is 8.86. The molecule has 0 radical (unpaired) electrons. The molecule has 10 heteroatoms. The van der Waals surface area contributed by atoms with E-state index in [4.69, 9.17) is 4.74 Å². The van der Waals surface area contributed by atoms with E-state index >= 15 is 0 Å². The van der Waals surface area contributed by atoms with Gasteiger partial charge in [0.2, 0.25) is 0 Å². The van der Waals surface area contributed by atoms with Crippen LogP contribution in [0.4, 0.5) is 5.69 Å². The van der Waals surface area contributed by atoms with Gasteiger partial charge in [-0.25, -0.2) is 13.2 Å². The van der Waals surface area contributed by atoms with Gasteiger partial charge in [0.1, 0.15) is 11.5 Å². The van der Waals surface area contributed by atoms with E-state index in [0.717, 1.165) is 4.57 Å². The van der Waals surface area contributed by atoms with Crippen molar-refractivity contribution in [3.05, 3.63) is 87.8 Å². The zero-order valence-electron chi connectivity index (χ0n) is 18.1. The van der Waals surface area contributed by atoms with E-state index in [2.05, 4.69) is 9.71 Å². The molecule has 0 unspecified atom stereocenters. The lowest BCUT2D eigenvalue weighted by atomic mass is 10.2. The van der Waals surface area contributed by atoms with Crippen molar-refractivity contribution in [3.63, 3.8) is 0 Å². The molecule has 0 aliphatic carbocycles. The number of hydrogen-bond donors (Lipinski definition) is 1. The molecular weight excluding hydrogens is 444 g/mol. The molecule has 0 fully saturated rings. The first-order valence-corrected chi connectivity index (χ1v) is 11.8. The molecule has 4 aromatic rings. The number of benzene rings is 2. The molecule has 0 saturated carbocycles. The lowest BCUT2D eigenvalue weighted by Crippen LogP contribution is -2.39. The Kier molecular flexibility index (Phi) is 6.01. The van der Waals surface area contributed by atoms with Gasteiger partial charge < -0.3 is 4.74 Å². The average molecular weight is 467 g/mol. The number of nitrogens with zero attached hydrogens (tertiary/aromatic N) is 3. The number of rotatable bonds is 7. The van der Waals surface area contributed by atoms with Crippen molar-refractivity contribution in [2.24, 2.45) is 0 Å². The van der Waals surface area contributed by atoms with E-state index in [1.54, 1.807) is 62.6 Å². The number of nitrogens with one attached hydrogen (secondary N) is 1. The summed E-state index contributed by atoms with van der Waals surface area (Å²) >= 11 is 0. The van der Waals surface area contributed by atoms with Gasteiger partial charge >= 0.3 is 5.69 Å². The van der Waals surface area contributed by atoms with Crippen LogP contribution in [0.3, 0.4) is 0 Å². The van der Waals surface area contributed by atoms with E-state index < -0.39 is 21.3 Å². The summed E-state index contributed by atoms with van der Waals surface area (Å²) in [5.74, 6) is 1.08. The van der Waals surface area contributed by atoms with E-state index in [0.29, 0.717) is 29.2 Å². The predicted molar refractivity (Wildman–Crippen MR) is 125 cm³/mol. The van der Waals surface area contributed by atoms with Crippen LogP contribution in [0.1, 0.15) is 13.8 Å². The quantitative estimate of drug-likeness (QED) is 0.448. The standard InChI is InChI=1S/C23H22N4O5S/c1-3-26-21-12-11-19(14-20(21)22(28)27(4-2)23(26)29)33(30,31)25-16-7-9-17(10-8-16)32-18-6-5-13-24-15-18/h5-15,25H,3-4H2,1-2H3. The normalized spacial score (nSPS) is 11.5. The highest BCUT2D eigenvalue weighted by atomic mass is 32.2. The van der Waals surface area contributed by atoms with Crippen LogP contribution in [-0.2, 0) is 23.1 Å². The monoisotopic (exact) mass is 466 g/mol. The first-order valence-electron chi connectivity index (χ1n) is 10.3. The van der Waals surface area contributed by atoms with E-state index in [-0.39, 0.29) is 16.8 Å². The number of pyridine rings is 1. The number of hydrogen-bond acceptors (Lipinski definition) is 6. The number of ether oxygens (including phenoxy) is 1.